The summed E-state index contributed by atoms with van der Waals surface area (Å²) in [6.07, 6.45) is 2.69. The monoisotopic (exact) mass is 202 g/mol. The molecule has 0 aromatic heterocycles. The highest BCUT2D eigenvalue weighted by Crippen LogP contribution is 2.00. The number of hydrogen-bond acceptors (Lipinski definition) is 3. The molecule has 0 fully saturated rings. The van der Waals surface area contributed by atoms with E-state index in [4.69, 9.17) is 5.73 Å². The fraction of sp³-hybridized carbons (Fsp3) is 0.900. The molecule has 4 nitrogen and oxygen atoms in total. The molecular weight excluding hydrogens is 180 g/mol. The fourth-order valence-corrected chi connectivity index (χ4v) is 0.990. The number of rotatable bonds is 6. The van der Waals surface area contributed by atoms with Gasteiger partial charge in [0.25, 0.3) is 0 Å². The number of nitrogens with one attached hydrogen (secondary N) is 1. The molecule has 0 saturated carbocycles. The normalized spacial score (nSPS) is 13.8. The average molecular weight is 202 g/mol. The van der Waals surface area contributed by atoms with Gasteiger partial charge in [0.05, 0.1) is 11.6 Å². The molecule has 0 radical (unpaired) electrons. The highest BCUT2D eigenvalue weighted by atomic mass is 16.3. The number of hydrogen-bond donors (Lipinski definition) is 3. The van der Waals surface area contributed by atoms with Crippen LogP contribution in [0.15, 0.2) is 0 Å². The van der Waals surface area contributed by atoms with Gasteiger partial charge in [-0.3, -0.25) is 4.79 Å². The van der Waals surface area contributed by atoms with Crippen molar-refractivity contribution >= 4 is 5.91 Å². The third-order valence-electron chi connectivity index (χ3n) is 1.90. The van der Waals surface area contributed by atoms with Crippen molar-refractivity contribution in [2.24, 2.45) is 5.73 Å². The molecule has 4 N–H and O–H groups in total. The summed E-state index contributed by atoms with van der Waals surface area (Å²) in [6, 6.07) is -0.447. The molecule has 0 spiro atoms. The van der Waals surface area contributed by atoms with Crippen LogP contribution in [-0.4, -0.2) is 29.2 Å². The lowest BCUT2D eigenvalue weighted by atomic mass is 10.1. The molecule has 0 heterocycles. The lowest BCUT2D eigenvalue weighted by Gasteiger charge is -2.19. The number of carbonyl (C=O) groups excluding carboxylic acids is 1. The molecule has 84 valence electrons. The van der Waals surface area contributed by atoms with Gasteiger partial charge in [0.2, 0.25) is 5.91 Å². The second-order valence-corrected chi connectivity index (χ2v) is 4.28. The lowest BCUT2D eigenvalue weighted by Crippen LogP contribution is -2.45. The number of amides is 1. The summed E-state index contributed by atoms with van der Waals surface area (Å²) in [5.74, 6) is -0.180. The molecule has 14 heavy (non-hydrogen) atoms. The topological polar surface area (TPSA) is 75.4 Å². The van der Waals surface area contributed by atoms with E-state index in [0.717, 1.165) is 12.8 Å². The Morgan fingerprint density at radius 2 is 2.14 bits per heavy atom. The Hall–Kier alpha value is -0.610. The van der Waals surface area contributed by atoms with E-state index >= 15 is 0 Å². The Morgan fingerprint density at radius 3 is 2.57 bits per heavy atom. The Balaban J connectivity index is 3.73. The molecule has 4 heteroatoms. The van der Waals surface area contributed by atoms with Crippen molar-refractivity contribution in [3.63, 3.8) is 0 Å². The maximum atomic E-state index is 11.3. The maximum absolute atomic E-state index is 11.3. The molecule has 1 amide bonds. The van der Waals surface area contributed by atoms with E-state index in [-0.39, 0.29) is 12.5 Å². The predicted molar refractivity (Wildman–Crippen MR) is 56.8 cm³/mol. The van der Waals surface area contributed by atoms with Crippen molar-refractivity contribution in [1.29, 1.82) is 0 Å². The molecule has 0 rings (SSSR count). The Labute approximate surface area is 85.9 Å². The van der Waals surface area contributed by atoms with Gasteiger partial charge in [-0.15, -0.1) is 0 Å². The van der Waals surface area contributed by atoms with Gasteiger partial charge in [0, 0.05) is 6.54 Å². The van der Waals surface area contributed by atoms with Gasteiger partial charge in [-0.25, -0.2) is 0 Å². The Bertz CT molecular complexity index is 175. The van der Waals surface area contributed by atoms with Gasteiger partial charge in [0.1, 0.15) is 0 Å². The first-order valence-electron chi connectivity index (χ1n) is 5.12. The Kier molecular flexibility index (Phi) is 5.72. The molecule has 0 aromatic rings. The van der Waals surface area contributed by atoms with E-state index in [1.54, 1.807) is 13.8 Å². The van der Waals surface area contributed by atoms with Crippen LogP contribution in [0.2, 0.25) is 0 Å². The van der Waals surface area contributed by atoms with Gasteiger partial charge in [0.15, 0.2) is 0 Å². The van der Waals surface area contributed by atoms with Gasteiger partial charge in [-0.1, -0.05) is 19.8 Å². The van der Waals surface area contributed by atoms with E-state index < -0.39 is 11.6 Å². The molecule has 0 bridgehead atoms. The minimum atomic E-state index is -0.875. The first-order chi connectivity index (χ1) is 6.37. The third kappa shape index (κ3) is 6.86. The van der Waals surface area contributed by atoms with Crippen LogP contribution in [0, 0.1) is 0 Å². The van der Waals surface area contributed by atoms with Gasteiger partial charge >= 0.3 is 0 Å². The van der Waals surface area contributed by atoms with Crippen LogP contribution in [0.3, 0.4) is 0 Å². The quantitative estimate of drug-likeness (QED) is 0.583. The molecule has 0 aliphatic carbocycles. The largest absolute Gasteiger partial charge is 0.389 e. The summed E-state index contributed by atoms with van der Waals surface area (Å²) in [7, 11) is 0. The molecule has 0 aliphatic heterocycles. The highest BCUT2D eigenvalue weighted by Gasteiger charge is 2.17. The van der Waals surface area contributed by atoms with Crippen LogP contribution in [0.4, 0.5) is 0 Å². The molecule has 0 aromatic carbocycles. The minimum absolute atomic E-state index is 0.180. The molecule has 1 atom stereocenters. The molecule has 0 aliphatic rings. The summed E-state index contributed by atoms with van der Waals surface area (Å²) in [5.41, 5.74) is 4.76. The van der Waals surface area contributed by atoms with Crippen LogP contribution >= 0.6 is 0 Å². The van der Waals surface area contributed by atoms with Gasteiger partial charge in [-0.2, -0.15) is 0 Å². The first-order valence-corrected chi connectivity index (χ1v) is 5.12. The predicted octanol–water partition coefficient (Wildman–Crippen LogP) is 0.391. The van der Waals surface area contributed by atoms with Crippen LogP contribution in [-0.2, 0) is 4.79 Å². The first kappa shape index (κ1) is 13.4. The zero-order valence-corrected chi connectivity index (χ0v) is 9.34. The third-order valence-corrected chi connectivity index (χ3v) is 1.90. The van der Waals surface area contributed by atoms with E-state index in [1.165, 1.54) is 0 Å². The van der Waals surface area contributed by atoms with E-state index in [9.17, 15) is 9.90 Å². The van der Waals surface area contributed by atoms with Gasteiger partial charge in [-0.05, 0) is 20.3 Å². The lowest BCUT2D eigenvalue weighted by molar-refractivity contribution is -0.123. The van der Waals surface area contributed by atoms with Crippen LogP contribution < -0.4 is 11.1 Å². The van der Waals surface area contributed by atoms with Crippen LogP contribution in [0.25, 0.3) is 0 Å². The van der Waals surface area contributed by atoms with E-state index in [1.807, 2.05) is 0 Å². The molecule has 0 saturated heterocycles. The smallest absolute Gasteiger partial charge is 0.237 e. The average Bonchev–Trinajstić information content (AvgIpc) is 2.09. The van der Waals surface area contributed by atoms with E-state index in [0.29, 0.717) is 6.42 Å². The zero-order valence-electron chi connectivity index (χ0n) is 9.34. The van der Waals surface area contributed by atoms with Crippen LogP contribution in [0.5, 0.6) is 0 Å². The summed E-state index contributed by atoms with van der Waals surface area (Å²) in [5, 5.41) is 12.0. The van der Waals surface area contributed by atoms with Crippen molar-refractivity contribution < 1.29 is 9.90 Å². The highest BCUT2D eigenvalue weighted by molar-refractivity contribution is 5.81. The number of aliphatic hydroxyl groups is 1. The Morgan fingerprint density at radius 1 is 1.57 bits per heavy atom. The number of nitrogens with two attached hydrogens (primary N) is 1. The maximum Gasteiger partial charge on any atom is 0.237 e. The number of carbonyl (C=O) groups is 1. The summed E-state index contributed by atoms with van der Waals surface area (Å²) in [4.78, 5) is 11.3. The van der Waals surface area contributed by atoms with Crippen molar-refractivity contribution in [3.05, 3.63) is 0 Å². The number of unbranched alkanes of at least 4 members (excludes halogenated alkanes) is 1. The van der Waals surface area contributed by atoms with Crippen molar-refractivity contribution in [2.45, 2.75) is 51.7 Å². The molecular formula is C10H22N2O2. The van der Waals surface area contributed by atoms with Gasteiger partial charge < -0.3 is 16.2 Å². The van der Waals surface area contributed by atoms with Crippen LogP contribution in [0.1, 0.15) is 40.0 Å². The summed E-state index contributed by atoms with van der Waals surface area (Å²) >= 11 is 0. The SMILES string of the molecule is CCCC[C@H](N)C(=O)NCC(C)(C)O. The summed E-state index contributed by atoms with van der Waals surface area (Å²) < 4.78 is 0. The van der Waals surface area contributed by atoms with Crippen molar-refractivity contribution in [3.8, 4) is 0 Å². The van der Waals surface area contributed by atoms with Crippen molar-refractivity contribution in [1.82, 2.24) is 5.32 Å². The zero-order chi connectivity index (χ0) is 11.2. The summed E-state index contributed by atoms with van der Waals surface area (Å²) in [6.45, 7) is 5.59. The second-order valence-electron chi connectivity index (χ2n) is 4.28. The van der Waals surface area contributed by atoms with Crippen molar-refractivity contribution in [2.75, 3.05) is 6.54 Å². The molecule has 0 unspecified atom stereocenters. The minimum Gasteiger partial charge on any atom is -0.389 e. The van der Waals surface area contributed by atoms with E-state index in [2.05, 4.69) is 12.2 Å². The standard InChI is InChI=1S/C10H22N2O2/c1-4-5-6-8(11)9(13)12-7-10(2,3)14/h8,14H,4-7,11H2,1-3H3,(H,12,13)/t8-/m0/s1. The fourth-order valence-electron chi connectivity index (χ4n) is 0.990. The second kappa shape index (κ2) is 5.98.